The average molecular weight is 396 g/mol. The molecule has 2 saturated heterocycles. The van der Waals surface area contributed by atoms with E-state index in [0.29, 0.717) is 11.7 Å². The van der Waals surface area contributed by atoms with Gasteiger partial charge in [0.15, 0.2) is 5.69 Å². The van der Waals surface area contributed by atoms with Crippen molar-refractivity contribution in [2.24, 2.45) is 0 Å². The Morgan fingerprint density at radius 3 is 2.48 bits per heavy atom. The third-order valence-electron chi connectivity index (χ3n) is 5.72. The summed E-state index contributed by atoms with van der Waals surface area (Å²) >= 11 is 0. The van der Waals surface area contributed by atoms with Crippen LogP contribution in [0.5, 0.6) is 0 Å². The van der Waals surface area contributed by atoms with Gasteiger partial charge in [0.25, 0.3) is 12.4 Å². The maximum Gasteiger partial charge on any atom is 0.290 e. The van der Waals surface area contributed by atoms with Crippen LogP contribution in [0.25, 0.3) is 22.0 Å². The van der Waals surface area contributed by atoms with Crippen molar-refractivity contribution in [3.63, 3.8) is 0 Å². The molecule has 0 unspecified atom stereocenters. The highest BCUT2D eigenvalue weighted by Crippen LogP contribution is 2.32. The molecule has 2 aliphatic rings. The van der Waals surface area contributed by atoms with E-state index in [2.05, 4.69) is 22.1 Å². The Morgan fingerprint density at radius 1 is 1.17 bits per heavy atom. The number of H-pyrrole nitrogens is 1. The zero-order valence-corrected chi connectivity index (χ0v) is 15.9. The summed E-state index contributed by atoms with van der Waals surface area (Å²) in [6.45, 7) is 1.45. The molecular weight excluding hydrogens is 375 g/mol. The Balaban J connectivity index is 0.000000645. The minimum atomic E-state index is -0.261. The monoisotopic (exact) mass is 396 g/mol. The van der Waals surface area contributed by atoms with Crippen molar-refractivity contribution < 1.29 is 19.1 Å². The number of carbonyl (C=O) groups is 2. The van der Waals surface area contributed by atoms with Gasteiger partial charge in [-0.25, -0.2) is 4.39 Å². The van der Waals surface area contributed by atoms with E-state index >= 15 is 0 Å². The van der Waals surface area contributed by atoms with Crippen LogP contribution in [0.15, 0.2) is 42.5 Å². The van der Waals surface area contributed by atoms with Gasteiger partial charge in [0, 0.05) is 30.6 Å². The molecule has 2 aliphatic heterocycles. The molecule has 0 spiro atoms. The number of piperazine rings is 1. The zero-order chi connectivity index (χ0) is 20.5. The molecule has 5 rings (SSSR count). The minimum Gasteiger partial charge on any atom is -0.483 e. The van der Waals surface area contributed by atoms with E-state index in [-0.39, 0.29) is 24.2 Å². The molecule has 0 aliphatic carbocycles. The Labute approximate surface area is 166 Å². The van der Waals surface area contributed by atoms with Crippen LogP contribution in [0, 0.1) is 5.82 Å². The second-order valence-corrected chi connectivity index (χ2v) is 7.39. The maximum atomic E-state index is 13.2. The van der Waals surface area contributed by atoms with Crippen molar-refractivity contribution in [2.75, 3.05) is 20.1 Å². The zero-order valence-electron chi connectivity index (χ0n) is 15.9. The number of carbonyl (C=O) groups excluding carboxylic acids is 1. The molecule has 1 amide bonds. The topological polar surface area (TPSA) is 89.5 Å². The SMILES string of the molecule is CN1C[C@@H]2C[C@H]1CN2C(=O)c1n[nH]c2ccc(-c3ccc(F)cc3)cc12.O=CO. The summed E-state index contributed by atoms with van der Waals surface area (Å²) in [4.78, 5) is 25.7. The van der Waals surface area contributed by atoms with Crippen LogP contribution in [0.3, 0.4) is 0 Å². The second kappa shape index (κ2) is 7.63. The van der Waals surface area contributed by atoms with Gasteiger partial charge in [-0.3, -0.25) is 19.6 Å². The molecular formula is C21H21FN4O3. The third-order valence-corrected chi connectivity index (χ3v) is 5.72. The van der Waals surface area contributed by atoms with E-state index in [9.17, 15) is 9.18 Å². The molecule has 3 heterocycles. The summed E-state index contributed by atoms with van der Waals surface area (Å²) < 4.78 is 13.2. The van der Waals surface area contributed by atoms with Crippen molar-refractivity contribution in [1.29, 1.82) is 0 Å². The highest BCUT2D eigenvalue weighted by Gasteiger charge is 2.44. The van der Waals surface area contributed by atoms with Gasteiger partial charge in [-0.15, -0.1) is 0 Å². The van der Waals surface area contributed by atoms with E-state index in [0.717, 1.165) is 41.5 Å². The van der Waals surface area contributed by atoms with Crippen molar-refractivity contribution in [3.8, 4) is 11.1 Å². The van der Waals surface area contributed by atoms with Crippen LogP contribution >= 0.6 is 0 Å². The third kappa shape index (κ3) is 3.47. The predicted octanol–water partition coefficient (Wildman–Crippen LogP) is 2.60. The molecule has 8 heteroatoms. The number of hydrogen-bond acceptors (Lipinski definition) is 4. The minimum absolute atomic E-state index is 0.00638. The van der Waals surface area contributed by atoms with Crippen LogP contribution in [-0.4, -0.2) is 69.7 Å². The summed E-state index contributed by atoms with van der Waals surface area (Å²) in [6, 6.07) is 12.9. The van der Waals surface area contributed by atoms with Gasteiger partial charge >= 0.3 is 0 Å². The molecule has 2 bridgehead atoms. The van der Waals surface area contributed by atoms with Crippen molar-refractivity contribution in [3.05, 3.63) is 54.0 Å². The summed E-state index contributed by atoms with van der Waals surface area (Å²) in [5.41, 5.74) is 3.16. The first-order valence-corrected chi connectivity index (χ1v) is 9.35. The van der Waals surface area contributed by atoms with E-state index in [1.807, 2.05) is 23.1 Å². The van der Waals surface area contributed by atoms with Gasteiger partial charge in [-0.2, -0.15) is 5.10 Å². The first-order valence-electron chi connectivity index (χ1n) is 9.35. The molecule has 0 radical (unpaired) electrons. The van der Waals surface area contributed by atoms with E-state index in [1.54, 1.807) is 12.1 Å². The maximum absolute atomic E-state index is 13.2. The molecule has 2 atom stereocenters. The number of aromatic nitrogens is 2. The average Bonchev–Trinajstić information content (AvgIpc) is 3.41. The number of fused-ring (bicyclic) bond motifs is 3. The van der Waals surface area contributed by atoms with Gasteiger partial charge in [0.2, 0.25) is 0 Å². The molecule has 150 valence electrons. The highest BCUT2D eigenvalue weighted by atomic mass is 19.1. The van der Waals surface area contributed by atoms with Gasteiger partial charge in [0.05, 0.1) is 5.52 Å². The summed E-state index contributed by atoms with van der Waals surface area (Å²) in [6.07, 6.45) is 1.05. The lowest BCUT2D eigenvalue weighted by atomic mass is 10.0. The van der Waals surface area contributed by atoms with Gasteiger partial charge < -0.3 is 10.0 Å². The quantitative estimate of drug-likeness (QED) is 0.650. The highest BCUT2D eigenvalue weighted by molar-refractivity contribution is 6.06. The lowest BCUT2D eigenvalue weighted by Crippen LogP contribution is -2.47. The lowest BCUT2D eigenvalue weighted by molar-refractivity contribution is -0.122. The van der Waals surface area contributed by atoms with Crippen molar-refractivity contribution in [2.45, 2.75) is 18.5 Å². The number of amides is 1. The Morgan fingerprint density at radius 2 is 1.86 bits per heavy atom. The van der Waals surface area contributed by atoms with Crippen LogP contribution < -0.4 is 0 Å². The predicted molar refractivity (Wildman–Crippen MR) is 106 cm³/mol. The largest absolute Gasteiger partial charge is 0.483 e. The van der Waals surface area contributed by atoms with E-state index < -0.39 is 0 Å². The van der Waals surface area contributed by atoms with Gasteiger partial charge in [-0.1, -0.05) is 18.2 Å². The number of likely N-dealkylation sites (N-methyl/N-ethyl adjacent to an activating group) is 1. The smallest absolute Gasteiger partial charge is 0.290 e. The van der Waals surface area contributed by atoms with Crippen LogP contribution in [0.4, 0.5) is 4.39 Å². The first kappa shape index (κ1) is 19.1. The van der Waals surface area contributed by atoms with Crippen molar-refractivity contribution in [1.82, 2.24) is 20.0 Å². The number of nitrogens with one attached hydrogen (secondary N) is 1. The molecule has 7 nitrogen and oxygen atoms in total. The number of benzene rings is 2. The molecule has 2 N–H and O–H groups in total. The Bertz CT molecular complexity index is 1050. The standard InChI is InChI=1S/C20H19FN4O.CH2O2/c1-24-10-16-9-15(24)11-25(16)20(26)19-17-8-13(4-7-18(17)22-23-19)12-2-5-14(21)6-3-12;2-1-3/h2-8,15-16H,9-11H2,1H3,(H,22,23);1H,(H,2,3)/t15-,16-;/m0./s1. The molecule has 3 aromatic rings. The molecule has 0 saturated carbocycles. The van der Waals surface area contributed by atoms with Crippen LogP contribution in [-0.2, 0) is 4.79 Å². The first-order chi connectivity index (χ1) is 14.0. The fourth-order valence-electron chi connectivity index (χ4n) is 4.25. The second-order valence-electron chi connectivity index (χ2n) is 7.39. The summed E-state index contributed by atoms with van der Waals surface area (Å²) in [5.74, 6) is -0.267. The molecule has 2 fully saturated rings. The molecule has 1 aromatic heterocycles. The van der Waals surface area contributed by atoms with E-state index in [1.165, 1.54) is 12.1 Å². The molecule has 29 heavy (non-hydrogen) atoms. The van der Waals surface area contributed by atoms with Crippen LogP contribution in [0.2, 0.25) is 0 Å². The van der Waals surface area contributed by atoms with Gasteiger partial charge in [0.1, 0.15) is 5.82 Å². The number of rotatable bonds is 2. The van der Waals surface area contributed by atoms with E-state index in [4.69, 9.17) is 9.90 Å². The normalized spacial score (nSPS) is 20.6. The lowest BCUT2D eigenvalue weighted by Gasteiger charge is -2.31. The van der Waals surface area contributed by atoms with Crippen molar-refractivity contribution >= 4 is 23.3 Å². The summed E-state index contributed by atoms with van der Waals surface area (Å²) in [7, 11) is 2.12. The fraction of sp³-hybridized carbons (Fsp3) is 0.286. The number of hydrogen-bond donors (Lipinski definition) is 2. The number of aromatic amines is 1. The number of halogens is 1. The molecule has 2 aromatic carbocycles. The Hall–Kier alpha value is -3.26. The Kier molecular flexibility index (Phi) is 5.02. The van der Waals surface area contributed by atoms with Gasteiger partial charge in [-0.05, 0) is 48.9 Å². The number of carboxylic acid groups (broad SMARTS) is 1. The summed E-state index contributed by atoms with van der Waals surface area (Å²) in [5, 5.41) is 15.0. The number of nitrogens with zero attached hydrogens (tertiary/aromatic N) is 3. The van der Waals surface area contributed by atoms with Crippen LogP contribution in [0.1, 0.15) is 16.9 Å². The number of likely N-dealkylation sites (tertiary alicyclic amines) is 2. The fourth-order valence-corrected chi connectivity index (χ4v) is 4.25.